The number of hydrogen-bond acceptors (Lipinski definition) is 4. The first kappa shape index (κ1) is 13.1. The third-order valence-electron chi connectivity index (χ3n) is 1.95. The number of carbonyl (C=O) groups excluding carboxylic acids is 2. The standard InChI is InChI=1S/C10H14FN3O3/c1-4-17-10(16)8(11)14-6-5-7(12-14)9(15)13(2)3/h5-6,8H,4H2,1-3H3. The van der Waals surface area contributed by atoms with Gasteiger partial charge in [-0.3, -0.25) is 4.79 Å². The number of hydrogen-bond donors (Lipinski definition) is 0. The summed E-state index contributed by atoms with van der Waals surface area (Å²) >= 11 is 0. The summed E-state index contributed by atoms with van der Waals surface area (Å²) in [5.41, 5.74) is 0.0712. The summed E-state index contributed by atoms with van der Waals surface area (Å²) in [5.74, 6) is -1.39. The Morgan fingerprint density at radius 1 is 1.59 bits per heavy atom. The first-order valence-electron chi connectivity index (χ1n) is 5.05. The monoisotopic (exact) mass is 243 g/mol. The van der Waals surface area contributed by atoms with Crippen LogP contribution in [0, 0.1) is 0 Å². The molecule has 0 radical (unpaired) electrons. The van der Waals surface area contributed by atoms with Gasteiger partial charge in [0.1, 0.15) is 5.69 Å². The maximum atomic E-state index is 13.5. The van der Waals surface area contributed by atoms with Crippen molar-refractivity contribution in [2.45, 2.75) is 13.2 Å². The third-order valence-corrected chi connectivity index (χ3v) is 1.95. The molecule has 1 amide bonds. The molecule has 94 valence electrons. The summed E-state index contributed by atoms with van der Waals surface area (Å²) in [4.78, 5) is 23.9. The van der Waals surface area contributed by atoms with Crippen LogP contribution >= 0.6 is 0 Å². The topological polar surface area (TPSA) is 64.4 Å². The van der Waals surface area contributed by atoms with Gasteiger partial charge in [0.2, 0.25) is 0 Å². The molecule has 0 saturated heterocycles. The van der Waals surface area contributed by atoms with Crippen LogP contribution in [0.5, 0.6) is 0 Å². The Labute approximate surface area is 98.0 Å². The molecule has 0 bridgehead atoms. The van der Waals surface area contributed by atoms with Gasteiger partial charge < -0.3 is 9.64 Å². The fourth-order valence-electron chi connectivity index (χ4n) is 1.13. The zero-order valence-corrected chi connectivity index (χ0v) is 9.88. The van der Waals surface area contributed by atoms with Crippen LogP contribution in [0.25, 0.3) is 0 Å². The second-order valence-electron chi connectivity index (χ2n) is 3.47. The third kappa shape index (κ3) is 3.02. The van der Waals surface area contributed by atoms with Crippen molar-refractivity contribution in [1.82, 2.24) is 14.7 Å². The van der Waals surface area contributed by atoms with Gasteiger partial charge >= 0.3 is 5.97 Å². The van der Waals surface area contributed by atoms with E-state index in [4.69, 9.17) is 0 Å². The van der Waals surface area contributed by atoms with Crippen molar-refractivity contribution in [3.8, 4) is 0 Å². The Morgan fingerprint density at radius 2 is 2.24 bits per heavy atom. The summed E-state index contributed by atoms with van der Waals surface area (Å²) in [6, 6.07) is 1.34. The molecule has 0 aliphatic rings. The molecular formula is C10H14FN3O3. The SMILES string of the molecule is CCOC(=O)C(F)n1ccc(C(=O)N(C)C)n1. The molecule has 0 aliphatic carbocycles. The molecule has 1 unspecified atom stereocenters. The van der Waals surface area contributed by atoms with Crippen LogP contribution < -0.4 is 0 Å². The van der Waals surface area contributed by atoms with E-state index < -0.39 is 12.3 Å². The van der Waals surface area contributed by atoms with Gasteiger partial charge in [0.25, 0.3) is 12.2 Å². The van der Waals surface area contributed by atoms with Gasteiger partial charge in [-0.05, 0) is 13.0 Å². The number of aromatic nitrogens is 2. The highest BCUT2D eigenvalue weighted by molar-refractivity contribution is 5.91. The lowest BCUT2D eigenvalue weighted by molar-refractivity contribution is -0.153. The van der Waals surface area contributed by atoms with E-state index in [0.717, 1.165) is 4.68 Å². The number of nitrogens with zero attached hydrogens (tertiary/aromatic N) is 3. The van der Waals surface area contributed by atoms with E-state index in [1.165, 1.54) is 17.2 Å². The van der Waals surface area contributed by atoms with E-state index in [1.807, 2.05) is 0 Å². The van der Waals surface area contributed by atoms with Crippen molar-refractivity contribution >= 4 is 11.9 Å². The molecule has 1 aromatic rings. The van der Waals surface area contributed by atoms with Crippen LogP contribution in [-0.4, -0.2) is 47.3 Å². The summed E-state index contributed by atoms with van der Waals surface area (Å²) in [5, 5.41) is 3.68. The molecule has 1 heterocycles. The number of esters is 1. The molecule has 0 saturated carbocycles. The Hall–Kier alpha value is -1.92. The highest BCUT2D eigenvalue weighted by Crippen LogP contribution is 2.10. The summed E-state index contributed by atoms with van der Waals surface area (Å²) in [7, 11) is 3.11. The van der Waals surface area contributed by atoms with Crippen molar-refractivity contribution in [2.24, 2.45) is 0 Å². The van der Waals surface area contributed by atoms with Crippen LogP contribution in [0.3, 0.4) is 0 Å². The second kappa shape index (κ2) is 5.42. The normalized spacial score (nSPS) is 12.0. The minimum Gasteiger partial charge on any atom is -0.462 e. The molecule has 1 aromatic heterocycles. The van der Waals surface area contributed by atoms with E-state index in [1.54, 1.807) is 21.0 Å². The van der Waals surface area contributed by atoms with E-state index in [9.17, 15) is 14.0 Å². The van der Waals surface area contributed by atoms with E-state index >= 15 is 0 Å². The van der Waals surface area contributed by atoms with Crippen molar-refractivity contribution in [3.05, 3.63) is 18.0 Å². The van der Waals surface area contributed by atoms with Gasteiger partial charge in [-0.1, -0.05) is 0 Å². The molecular weight excluding hydrogens is 229 g/mol. The van der Waals surface area contributed by atoms with E-state index in [2.05, 4.69) is 9.84 Å². The molecule has 0 spiro atoms. The number of carbonyl (C=O) groups is 2. The maximum absolute atomic E-state index is 13.5. The minimum atomic E-state index is -2.03. The molecule has 0 fully saturated rings. The van der Waals surface area contributed by atoms with Crippen LogP contribution in [0.15, 0.2) is 12.3 Å². The van der Waals surface area contributed by atoms with Gasteiger partial charge in [0.05, 0.1) is 6.61 Å². The minimum absolute atomic E-state index is 0.0712. The van der Waals surface area contributed by atoms with Gasteiger partial charge in [0.15, 0.2) is 0 Å². The lowest BCUT2D eigenvalue weighted by Crippen LogP contribution is -2.23. The summed E-state index contributed by atoms with van der Waals surface area (Å²) in [6.45, 7) is 1.67. The molecule has 6 nitrogen and oxygen atoms in total. The van der Waals surface area contributed by atoms with Crippen molar-refractivity contribution in [1.29, 1.82) is 0 Å². The first-order valence-corrected chi connectivity index (χ1v) is 5.05. The van der Waals surface area contributed by atoms with Gasteiger partial charge in [0, 0.05) is 20.3 Å². The number of amides is 1. The highest BCUT2D eigenvalue weighted by atomic mass is 19.1. The van der Waals surface area contributed by atoms with Crippen LogP contribution in [0.2, 0.25) is 0 Å². The first-order chi connectivity index (χ1) is 7.97. The molecule has 1 rings (SSSR count). The number of halogens is 1. The molecule has 0 aliphatic heterocycles. The summed E-state index contributed by atoms with van der Waals surface area (Å²) in [6.07, 6.45) is -0.808. The van der Waals surface area contributed by atoms with Gasteiger partial charge in [-0.15, -0.1) is 0 Å². The largest absolute Gasteiger partial charge is 0.462 e. The van der Waals surface area contributed by atoms with E-state index in [0.29, 0.717) is 0 Å². The number of alkyl halides is 1. The predicted molar refractivity (Wildman–Crippen MR) is 57.0 cm³/mol. The van der Waals surface area contributed by atoms with Gasteiger partial charge in [-0.25, -0.2) is 13.9 Å². The Morgan fingerprint density at radius 3 is 2.76 bits per heavy atom. The second-order valence-corrected chi connectivity index (χ2v) is 3.47. The zero-order chi connectivity index (χ0) is 13.0. The van der Waals surface area contributed by atoms with Crippen molar-refractivity contribution < 1.29 is 18.7 Å². The molecule has 7 heteroatoms. The molecule has 17 heavy (non-hydrogen) atoms. The number of rotatable bonds is 4. The quantitative estimate of drug-likeness (QED) is 0.727. The average molecular weight is 243 g/mol. The Balaban J connectivity index is 2.81. The summed E-state index contributed by atoms with van der Waals surface area (Å²) < 4.78 is 18.8. The van der Waals surface area contributed by atoms with E-state index in [-0.39, 0.29) is 18.2 Å². The zero-order valence-electron chi connectivity index (χ0n) is 9.88. The Bertz CT molecular complexity index is 417. The molecule has 1 atom stereocenters. The predicted octanol–water partition coefficient (Wildman–Crippen LogP) is 0.616. The van der Waals surface area contributed by atoms with Crippen LogP contribution in [0.1, 0.15) is 23.7 Å². The van der Waals surface area contributed by atoms with Crippen molar-refractivity contribution in [3.63, 3.8) is 0 Å². The van der Waals surface area contributed by atoms with Crippen LogP contribution in [0.4, 0.5) is 4.39 Å². The molecule has 0 N–H and O–H groups in total. The lowest BCUT2D eigenvalue weighted by Gasteiger charge is -2.08. The Kier molecular flexibility index (Phi) is 4.19. The van der Waals surface area contributed by atoms with Gasteiger partial charge in [-0.2, -0.15) is 5.10 Å². The highest BCUT2D eigenvalue weighted by Gasteiger charge is 2.23. The maximum Gasteiger partial charge on any atom is 0.363 e. The number of ether oxygens (including phenoxy) is 1. The fraction of sp³-hybridized carbons (Fsp3) is 0.500. The smallest absolute Gasteiger partial charge is 0.363 e. The van der Waals surface area contributed by atoms with Crippen molar-refractivity contribution in [2.75, 3.05) is 20.7 Å². The lowest BCUT2D eigenvalue weighted by atomic mass is 10.4. The fourth-order valence-corrected chi connectivity index (χ4v) is 1.13. The molecule has 0 aromatic carbocycles. The van der Waals surface area contributed by atoms with Crippen LogP contribution in [-0.2, 0) is 9.53 Å². The average Bonchev–Trinajstić information content (AvgIpc) is 2.76.